The standard InChI is InChI=1S/C8H10N2O3S/c1-9-4-5(7(12)13-3)6(11)10(2)8(9)14/h4H,1-3H3. The molecule has 0 bridgehead atoms. The Balaban J connectivity index is 3.57. The highest BCUT2D eigenvalue weighted by Gasteiger charge is 2.13. The smallest absolute Gasteiger partial charge is 0.345 e. The second-order valence-electron chi connectivity index (χ2n) is 2.79. The van der Waals surface area contributed by atoms with Crippen LogP contribution in [0.25, 0.3) is 0 Å². The number of methoxy groups -OCH3 is 1. The lowest BCUT2D eigenvalue weighted by atomic mass is 10.3. The van der Waals surface area contributed by atoms with Gasteiger partial charge in [-0.2, -0.15) is 0 Å². The number of carbonyl (C=O) groups excluding carboxylic acids is 1. The summed E-state index contributed by atoms with van der Waals surface area (Å²) in [5.41, 5.74) is -0.467. The summed E-state index contributed by atoms with van der Waals surface area (Å²) in [5.74, 6) is -0.656. The summed E-state index contributed by atoms with van der Waals surface area (Å²) in [6, 6.07) is 0. The molecule has 0 unspecified atom stereocenters. The summed E-state index contributed by atoms with van der Waals surface area (Å²) in [4.78, 5) is 22.7. The number of aromatic nitrogens is 2. The van der Waals surface area contributed by atoms with Crippen molar-refractivity contribution >= 4 is 18.2 Å². The van der Waals surface area contributed by atoms with Gasteiger partial charge in [0.05, 0.1) is 7.11 Å². The van der Waals surface area contributed by atoms with Gasteiger partial charge in [0.15, 0.2) is 4.77 Å². The van der Waals surface area contributed by atoms with Crippen LogP contribution in [0.3, 0.4) is 0 Å². The van der Waals surface area contributed by atoms with Crippen LogP contribution in [-0.4, -0.2) is 22.2 Å². The van der Waals surface area contributed by atoms with Crippen LogP contribution in [0.5, 0.6) is 0 Å². The van der Waals surface area contributed by atoms with Gasteiger partial charge in [-0.3, -0.25) is 9.36 Å². The molecule has 0 saturated heterocycles. The number of rotatable bonds is 1. The van der Waals surface area contributed by atoms with Gasteiger partial charge >= 0.3 is 5.97 Å². The molecule has 1 heterocycles. The summed E-state index contributed by atoms with van der Waals surface area (Å²) < 4.78 is 7.56. The lowest BCUT2D eigenvalue weighted by Crippen LogP contribution is -2.28. The van der Waals surface area contributed by atoms with Crippen molar-refractivity contribution in [1.29, 1.82) is 0 Å². The SMILES string of the molecule is COC(=O)c1cn(C)c(=S)n(C)c1=O. The number of hydrogen-bond acceptors (Lipinski definition) is 4. The third-order valence-corrected chi connectivity index (χ3v) is 2.41. The summed E-state index contributed by atoms with van der Waals surface area (Å²) in [6.07, 6.45) is 1.37. The van der Waals surface area contributed by atoms with Crippen molar-refractivity contribution in [3.05, 3.63) is 26.9 Å². The van der Waals surface area contributed by atoms with Crippen molar-refractivity contribution in [1.82, 2.24) is 9.13 Å². The Morgan fingerprint density at radius 1 is 1.50 bits per heavy atom. The molecule has 1 aromatic rings. The van der Waals surface area contributed by atoms with Crippen LogP contribution >= 0.6 is 12.2 Å². The molecule has 0 aliphatic rings. The Morgan fingerprint density at radius 3 is 2.57 bits per heavy atom. The van der Waals surface area contributed by atoms with E-state index < -0.39 is 11.5 Å². The van der Waals surface area contributed by atoms with Gasteiger partial charge in [0.2, 0.25) is 0 Å². The van der Waals surface area contributed by atoms with Crippen molar-refractivity contribution in [2.45, 2.75) is 0 Å². The normalized spacial score (nSPS) is 9.93. The number of ether oxygens (including phenoxy) is 1. The zero-order valence-electron chi connectivity index (χ0n) is 8.10. The predicted octanol–water partition coefficient (Wildman–Crippen LogP) is 0.240. The van der Waals surface area contributed by atoms with Gasteiger partial charge in [-0.15, -0.1) is 0 Å². The van der Waals surface area contributed by atoms with Gasteiger partial charge in [-0.25, -0.2) is 4.79 Å². The number of esters is 1. The monoisotopic (exact) mass is 214 g/mol. The molecule has 0 aromatic carbocycles. The Kier molecular flexibility index (Phi) is 2.85. The molecule has 0 radical (unpaired) electrons. The van der Waals surface area contributed by atoms with Crippen molar-refractivity contribution in [3.63, 3.8) is 0 Å². The minimum atomic E-state index is -0.656. The first-order valence-electron chi connectivity index (χ1n) is 3.84. The molecule has 5 nitrogen and oxygen atoms in total. The van der Waals surface area contributed by atoms with E-state index in [2.05, 4.69) is 4.74 Å². The fourth-order valence-corrected chi connectivity index (χ4v) is 1.19. The van der Waals surface area contributed by atoms with E-state index in [0.29, 0.717) is 4.77 Å². The van der Waals surface area contributed by atoms with Crippen molar-refractivity contribution in [3.8, 4) is 0 Å². The Hall–Kier alpha value is -1.43. The molecule has 6 heteroatoms. The molecule has 0 aliphatic carbocycles. The fourth-order valence-electron chi connectivity index (χ4n) is 1.06. The molecule has 1 rings (SSSR count). The molecule has 0 N–H and O–H groups in total. The maximum Gasteiger partial charge on any atom is 0.345 e. The van der Waals surface area contributed by atoms with Crippen molar-refractivity contribution in [2.75, 3.05) is 7.11 Å². The van der Waals surface area contributed by atoms with Gasteiger partial charge in [-0.05, 0) is 12.2 Å². The Bertz CT molecular complexity index is 486. The van der Waals surface area contributed by atoms with Crippen LogP contribution in [0.4, 0.5) is 0 Å². The van der Waals surface area contributed by atoms with E-state index in [9.17, 15) is 9.59 Å². The van der Waals surface area contributed by atoms with Crippen molar-refractivity contribution < 1.29 is 9.53 Å². The van der Waals surface area contributed by atoms with Crippen LogP contribution in [-0.2, 0) is 18.8 Å². The highest BCUT2D eigenvalue weighted by molar-refractivity contribution is 7.71. The summed E-state index contributed by atoms with van der Waals surface area (Å²) >= 11 is 4.94. The fraction of sp³-hybridized carbons (Fsp3) is 0.375. The molecule has 76 valence electrons. The average molecular weight is 214 g/mol. The van der Waals surface area contributed by atoms with Crippen molar-refractivity contribution in [2.24, 2.45) is 14.1 Å². The van der Waals surface area contributed by atoms with Crippen LogP contribution in [0, 0.1) is 4.77 Å². The van der Waals surface area contributed by atoms with E-state index in [1.807, 2.05) is 0 Å². The number of aryl methyl sites for hydroxylation is 1. The molecule has 0 atom stereocenters. The molecule has 14 heavy (non-hydrogen) atoms. The zero-order valence-corrected chi connectivity index (χ0v) is 8.92. The van der Waals surface area contributed by atoms with Gasteiger partial charge in [-0.1, -0.05) is 0 Å². The molecule has 0 saturated carbocycles. The van der Waals surface area contributed by atoms with E-state index in [1.165, 1.54) is 29.5 Å². The summed E-state index contributed by atoms with van der Waals surface area (Å²) in [6.45, 7) is 0. The van der Waals surface area contributed by atoms with Gasteiger partial charge in [0, 0.05) is 20.3 Å². The largest absolute Gasteiger partial charge is 0.465 e. The summed E-state index contributed by atoms with van der Waals surface area (Å²) in [7, 11) is 4.40. The van der Waals surface area contributed by atoms with Gasteiger partial charge in [0.1, 0.15) is 5.56 Å². The highest BCUT2D eigenvalue weighted by Crippen LogP contribution is 1.95. The van der Waals surface area contributed by atoms with E-state index in [0.717, 1.165) is 0 Å². The number of hydrogen-bond donors (Lipinski definition) is 0. The Morgan fingerprint density at radius 2 is 2.07 bits per heavy atom. The quantitative estimate of drug-likeness (QED) is 0.496. The van der Waals surface area contributed by atoms with E-state index >= 15 is 0 Å². The molecule has 1 aromatic heterocycles. The minimum absolute atomic E-state index is 0.0221. The zero-order chi connectivity index (χ0) is 10.9. The average Bonchev–Trinajstić information content (AvgIpc) is 2.19. The third-order valence-electron chi connectivity index (χ3n) is 1.85. The maximum absolute atomic E-state index is 11.5. The van der Waals surface area contributed by atoms with E-state index in [1.54, 1.807) is 7.05 Å². The van der Waals surface area contributed by atoms with Gasteiger partial charge < -0.3 is 9.30 Å². The van der Waals surface area contributed by atoms with Crippen LogP contribution in [0.15, 0.2) is 11.0 Å². The number of nitrogens with zero attached hydrogens (tertiary/aromatic N) is 2. The second kappa shape index (κ2) is 3.75. The summed E-state index contributed by atoms with van der Waals surface area (Å²) in [5, 5.41) is 0. The maximum atomic E-state index is 11.5. The number of carbonyl (C=O) groups is 1. The topological polar surface area (TPSA) is 53.2 Å². The first-order chi connectivity index (χ1) is 6.49. The molecular formula is C8H10N2O3S. The second-order valence-corrected chi connectivity index (χ2v) is 3.16. The molecular weight excluding hydrogens is 204 g/mol. The van der Waals surface area contributed by atoms with Gasteiger partial charge in [0.25, 0.3) is 5.56 Å². The Labute approximate surface area is 85.5 Å². The minimum Gasteiger partial charge on any atom is -0.465 e. The predicted molar refractivity (Wildman–Crippen MR) is 52.8 cm³/mol. The first-order valence-corrected chi connectivity index (χ1v) is 4.25. The molecule has 0 spiro atoms. The van der Waals surface area contributed by atoms with Crippen LogP contribution < -0.4 is 5.56 Å². The van der Waals surface area contributed by atoms with Crippen LogP contribution in [0.2, 0.25) is 0 Å². The highest BCUT2D eigenvalue weighted by atomic mass is 32.1. The molecule has 0 fully saturated rings. The third kappa shape index (κ3) is 1.60. The molecule has 0 aliphatic heterocycles. The van der Waals surface area contributed by atoms with Crippen LogP contribution in [0.1, 0.15) is 10.4 Å². The lowest BCUT2D eigenvalue weighted by Gasteiger charge is -2.06. The van der Waals surface area contributed by atoms with E-state index in [4.69, 9.17) is 12.2 Å². The molecule has 0 amide bonds. The lowest BCUT2D eigenvalue weighted by molar-refractivity contribution is 0.0596. The first kappa shape index (κ1) is 10.6. The van der Waals surface area contributed by atoms with E-state index in [-0.39, 0.29) is 5.56 Å².